The van der Waals surface area contributed by atoms with Gasteiger partial charge in [0.25, 0.3) is 0 Å². The number of likely N-dealkylation sites (tertiary alicyclic amines) is 1. The number of carbonyl (C=O) groups excluding carboxylic acids is 2. The van der Waals surface area contributed by atoms with Crippen molar-refractivity contribution < 1.29 is 19.1 Å². The van der Waals surface area contributed by atoms with Crippen LogP contribution in [-0.4, -0.2) is 56.6 Å². The van der Waals surface area contributed by atoms with E-state index in [1.807, 2.05) is 76.2 Å². The van der Waals surface area contributed by atoms with Crippen molar-refractivity contribution in [3.63, 3.8) is 0 Å². The Balaban J connectivity index is 1.10. The molecule has 7 rings (SSSR count). The monoisotopic (exact) mass is 648 g/mol. The van der Waals surface area contributed by atoms with Crippen molar-refractivity contribution in [3.05, 3.63) is 66.5 Å². The van der Waals surface area contributed by atoms with Crippen LogP contribution < -0.4 is 15.4 Å². The Morgan fingerprint density at radius 3 is 2.60 bits per heavy atom. The second kappa shape index (κ2) is 12.7. The number of aryl methyl sites for hydroxylation is 1. The van der Waals surface area contributed by atoms with E-state index in [0.717, 1.165) is 46.8 Å². The lowest BCUT2D eigenvalue weighted by molar-refractivity contribution is -0.118. The van der Waals surface area contributed by atoms with Gasteiger partial charge in [-0.05, 0) is 95.0 Å². The third-order valence-corrected chi connectivity index (χ3v) is 9.88. The van der Waals surface area contributed by atoms with E-state index in [0.29, 0.717) is 36.4 Å². The summed E-state index contributed by atoms with van der Waals surface area (Å²) in [5.74, 6) is 1.80. The molecule has 0 bridgehead atoms. The zero-order valence-electron chi connectivity index (χ0n) is 28.2. The van der Waals surface area contributed by atoms with Gasteiger partial charge >= 0.3 is 6.09 Å². The molecule has 1 saturated heterocycles. The number of carbonyl (C=O) groups is 2. The number of aromatic nitrogens is 3. The first-order chi connectivity index (χ1) is 23.1. The number of hydrogen-bond acceptors (Lipinski definition) is 8. The summed E-state index contributed by atoms with van der Waals surface area (Å²) < 4.78 is 12.2. The first-order valence-electron chi connectivity index (χ1n) is 17.1. The molecule has 2 aromatic heterocycles. The Kier molecular flexibility index (Phi) is 8.43. The van der Waals surface area contributed by atoms with E-state index >= 15 is 0 Å². The molecule has 2 aromatic carbocycles. The summed E-state index contributed by atoms with van der Waals surface area (Å²) in [6.07, 6.45) is 10.7. The van der Waals surface area contributed by atoms with E-state index in [1.165, 1.54) is 25.7 Å². The van der Waals surface area contributed by atoms with E-state index in [4.69, 9.17) is 14.5 Å². The molecule has 3 fully saturated rings. The largest absolute Gasteiger partial charge is 0.444 e. The van der Waals surface area contributed by atoms with Gasteiger partial charge in [0.05, 0.1) is 11.3 Å². The zero-order chi connectivity index (χ0) is 33.5. The Bertz CT molecular complexity index is 1850. The highest BCUT2D eigenvalue weighted by Gasteiger charge is 2.58. The van der Waals surface area contributed by atoms with Gasteiger partial charge in [0.2, 0.25) is 17.7 Å². The molecular formula is C38H44N6O4. The highest BCUT2D eigenvalue weighted by atomic mass is 16.6. The lowest BCUT2D eigenvalue weighted by atomic mass is 10.0. The van der Waals surface area contributed by atoms with Crippen LogP contribution in [0.4, 0.5) is 16.4 Å². The summed E-state index contributed by atoms with van der Waals surface area (Å²) >= 11 is 0. The van der Waals surface area contributed by atoms with E-state index in [1.54, 1.807) is 17.3 Å². The Hall–Kier alpha value is -4.73. The third kappa shape index (κ3) is 6.66. The summed E-state index contributed by atoms with van der Waals surface area (Å²) in [7, 11) is 0. The fourth-order valence-corrected chi connectivity index (χ4v) is 7.37. The number of piperidine rings is 1. The molecule has 250 valence electrons. The van der Waals surface area contributed by atoms with Crippen molar-refractivity contribution in [2.24, 2.45) is 11.3 Å². The van der Waals surface area contributed by atoms with Crippen LogP contribution in [0.3, 0.4) is 0 Å². The second-order valence-electron chi connectivity index (χ2n) is 14.6. The van der Waals surface area contributed by atoms with E-state index in [-0.39, 0.29) is 29.4 Å². The van der Waals surface area contributed by atoms with Crippen molar-refractivity contribution in [1.29, 1.82) is 0 Å². The average Bonchev–Trinajstić information content (AvgIpc) is 3.57. The number of nitrogens with zero attached hydrogens (tertiary/aromatic N) is 4. The van der Waals surface area contributed by atoms with Crippen LogP contribution in [0.2, 0.25) is 0 Å². The first kappa shape index (κ1) is 31.8. The van der Waals surface area contributed by atoms with Crippen LogP contribution in [-0.2, 0) is 9.53 Å². The number of fused-ring (bicyclic) bond motifs is 1. The van der Waals surface area contributed by atoms with Gasteiger partial charge in [-0.1, -0.05) is 37.1 Å². The van der Waals surface area contributed by atoms with Gasteiger partial charge in [-0.15, -0.1) is 0 Å². The van der Waals surface area contributed by atoms with Gasteiger partial charge in [-0.2, -0.15) is 0 Å². The molecule has 1 unspecified atom stereocenters. The highest BCUT2D eigenvalue weighted by Crippen LogP contribution is 2.63. The minimum Gasteiger partial charge on any atom is -0.444 e. The Labute approximate surface area is 281 Å². The number of amides is 2. The Morgan fingerprint density at radius 2 is 1.79 bits per heavy atom. The fourth-order valence-electron chi connectivity index (χ4n) is 7.37. The van der Waals surface area contributed by atoms with Crippen LogP contribution >= 0.6 is 0 Å². The molecule has 2 aliphatic carbocycles. The molecule has 48 heavy (non-hydrogen) atoms. The summed E-state index contributed by atoms with van der Waals surface area (Å²) in [6, 6.07) is 15.6. The maximum atomic E-state index is 13.3. The maximum absolute atomic E-state index is 13.3. The minimum atomic E-state index is -0.546. The lowest BCUT2D eigenvalue weighted by Gasteiger charge is -2.34. The van der Waals surface area contributed by atoms with Gasteiger partial charge in [0.1, 0.15) is 11.4 Å². The van der Waals surface area contributed by atoms with Crippen molar-refractivity contribution in [1.82, 2.24) is 19.9 Å². The van der Waals surface area contributed by atoms with E-state index in [9.17, 15) is 9.59 Å². The van der Waals surface area contributed by atoms with Gasteiger partial charge < -0.3 is 25.0 Å². The smallest absolute Gasteiger partial charge is 0.410 e. The highest BCUT2D eigenvalue weighted by molar-refractivity contribution is 6.06. The fraction of sp³-hybridized carbons (Fsp3) is 0.447. The summed E-state index contributed by atoms with van der Waals surface area (Å²) in [5.41, 5.74) is 2.82. The molecule has 2 atom stereocenters. The molecule has 10 heteroatoms. The molecule has 10 nitrogen and oxygen atoms in total. The first-order valence-corrected chi connectivity index (χ1v) is 17.1. The zero-order valence-corrected chi connectivity index (χ0v) is 28.2. The predicted octanol–water partition coefficient (Wildman–Crippen LogP) is 8.12. The van der Waals surface area contributed by atoms with Crippen LogP contribution in [0.1, 0.15) is 71.3 Å². The van der Waals surface area contributed by atoms with Gasteiger partial charge in [0, 0.05) is 53.9 Å². The van der Waals surface area contributed by atoms with Crippen molar-refractivity contribution in [2.45, 2.75) is 84.3 Å². The minimum absolute atomic E-state index is 0.0113. The SMILES string of the molecule is Cc1ccc2c(NC(=O)[C@@H]3CC34CCCC4)cccc2c1Oc1ncccc1-c1ccnc(NC2CCCN(C(=O)OC(C)(C)C)C2)n1. The van der Waals surface area contributed by atoms with Crippen molar-refractivity contribution >= 4 is 34.4 Å². The lowest BCUT2D eigenvalue weighted by Crippen LogP contribution is -2.47. The summed E-state index contributed by atoms with van der Waals surface area (Å²) in [6.45, 7) is 8.80. The molecule has 3 heterocycles. The molecule has 2 N–H and O–H groups in total. The molecule has 1 spiro atoms. The van der Waals surface area contributed by atoms with Crippen LogP contribution in [0, 0.1) is 18.3 Å². The van der Waals surface area contributed by atoms with Crippen molar-refractivity contribution in [3.8, 4) is 22.9 Å². The third-order valence-electron chi connectivity index (χ3n) is 9.88. The number of ether oxygens (including phenoxy) is 2. The molecular weight excluding hydrogens is 604 g/mol. The topological polar surface area (TPSA) is 119 Å². The van der Waals surface area contributed by atoms with Crippen LogP contribution in [0.25, 0.3) is 22.0 Å². The number of benzene rings is 2. The molecule has 1 aliphatic heterocycles. The predicted molar refractivity (Wildman–Crippen MR) is 186 cm³/mol. The number of pyridine rings is 1. The second-order valence-corrected chi connectivity index (χ2v) is 14.6. The molecule has 2 saturated carbocycles. The quantitative estimate of drug-likeness (QED) is 0.206. The normalized spacial score (nSPS) is 20.0. The average molecular weight is 649 g/mol. The van der Waals surface area contributed by atoms with Gasteiger partial charge in [-0.3, -0.25) is 4.79 Å². The standard InChI is InChI=1S/C38H44N6O4/c1-24-14-15-26-27(11-7-13-30(26)42-33(45)29-22-38(29)17-5-6-18-38)32(24)47-34-28(12-8-19-39-34)31-16-20-40-35(43-31)41-25-10-9-21-44(23-25)36(46)48-37(2,3)4/h7-8,11-16,19-20,25,29H,5-6,9-10,17-18,21-23H2,1-4H3,(H,42,45)(H,40,41,43)/t25?,29-/m0/s1. The van der Waals surface area contributed by atoms with Gasteiger partial charge in [-0.25, -0.2) is 19.7 Å². The maximum Gasteiger partial charge on any atom is 0.410 e. The molecule has 3 aliphatic rings. The van der Waals surface area contributed by atoms with E-state index in [2.05, 4.69) is 20.6 Å². The van der Waals surface area contributed by atoms with Crippen LogP contribution in [0.5, 0.6) is 11.6 Å². The van der Waals surface area contributed by atoms with Crippen molar-refractivity contribution in [2.75, 3.05) is 23.7 Å². The Morgan fingerprint density at radius 1 is 0.958 bits per heavy atom. The number of anilines is 2. The number of nitrogens with one attached hydrogen (secondary N) is 2. The van der Waals surface area contributed by atoms with Crippen LogP contribution in [0.15, 0.2) is 60.9 Å². The van der Waals surface area contributed by atoms with E-state index < -0.39 is 5.60 Å². The number of hydrogen-bond donors (Lipinski definition) is 2. The number of rotatable bonds is 7. The molecule has 2 amide bonds. The summed E-state index contributed by atoms with van der Waals surface area (Å²) in [4.78, 5) is 41.6. The summed E-state index contributed by atoms with van der Waals surface area (Å²) in [5, 5.41) is 8.48. The van der Waals surface area contributed by atoms with Gasteiger partial charge in [0.15, 0.2) is 0 Å². The molecule has 4 aromatic rings. The molecule has 0 radical (unpaired) electrons.